The first-order chi connectivity index (χ1) is 20.6. The summed E-state index contributed by atoms with van der Waals surface area (Å²) >= 11 is 0. The largest absolute Gasteiger partial charge is 0.490 e. The highest BCUT2D eigenvalue weighted by Crippen LogP contribution is 3.02. The highest BCUT2D eigenvalue weighted by molar-refractivity contribution is 8.45. The molecule has 7 nitrogen and oxygen atoms in total. The lowest BCUT2D eigenvalue weighted by Crippen LogP contribution is -2.42. The number of pyridine rings is 2. The predicted molar refractivity (Wildman–Crippen MR) is 155 cm³/mol. The second-order valence-corrected chi connectivity index (χ2v) is 12.9. The van der Waals surface area contributed by atoms with Gasteiger partial charge in [-0.25, -0.2) is 4.98 Å². The Morgan fingerprint density at radius 3 is 2.05 bits per heavy atom. The number of ether oxygens (including phenoxy) is 2. The van der Waals surface area contributed by atoms with Crippen LogP contribution in [0.5, 0.6) is 17.4 Å². The standard InChI is InChI=1S/C31H28F5N3O4S/c1-21-2-6-24(7-3-21)42-26-14-16-39(17-15-26)31(41)28-12-5-23(20-37-28)29(40)18-22-4-13-30(38-19-22)43-25-8-10-27(11-9-25)44(32,33,34,35)36/h2-13,19-20,26H,14-18H2,1H3. The van der Waals surface area contributed by atoms with Gasteiger partial charge in [0.15, 0.2) is 5.78 Å². The maximum atomic E-state index is 13.0. The zero-order chi connectivity index (χ0) is 31.6. The van der Waals surface area contributed by atoms with Crippen LogP contribution in [0.25, 0.3) is 0 Å². The number of carbonyl (C=O) groups is 2. The van der Waals surface area contributed by atoms with E-state index in [1.54, 1.807) is 11.0 Å². The van der Waals surface area contributed by atoms with E-state index in [9.17, 15) is 29.0 Å². The second-order valence-electron chi connectivity index (χ2n) is 10.5. The number of Topliss-reactive ketones (excluding diaryl/α,β-unsaturated/α-hetero) is 1. The summed E-state index contributed by atoms with van der Waals surface area (Å²) in [5.74, 6) is 0.190. The fourth-order valence-corrected chi connectivity index (χ4v) is 5.23. The van der Waals surface area contributed by atoms with Crippen LogP contribution in [0.1, 0.15) is 44.8 Å². The van der Waals surface area contributed by atoms with E-state index in [0.717, 1.165) is 23.4 Å². The molecule has 4 aromatic rings. The van der Waals surface area contributed by atoms with E-state index in [4.69, 9.17) is 9.47 Å². The average molecular weight is 634 g/mol. The van der Waals surface area contributed by atoms with Gasteiger partial charge in [-0.2, -0.15) is 0 Å². The van der Waals surface area contributed by atoms with E-state index in [2.05, 4.69) is 9.97 Å². The number of rotatable bonds is 9. The number of hydrogen-bond acceptors (Lipinski definition) is 6. The summed E-state index contributed by atoms with van der Waals surface area (Å²) in [6.45, 7) is 3.07. The number of halogens is 5. The van der Waals surface area contributed by atoms with Crippen LogP contribution in [0.3, 0.4) is 0 Å². The summed E-state index contributed by atoms with van der Waals surface area (Å²) in [5, 5.41) is 0. The number of amides is 1. The van der Waals surface area contributed by atoms with Crippen LogP contribution < -0.4 is 9.47 Å². The molecule has 44 heavy (non-hydrogen) atoms. The molecule has 3 heterocycles. The number of carbonyl (C=O) groups excluding carboxylic acids is 2. The number of likely N-dealkylation sites (tertiary alicyclic amines) is 1. The minimum Gasteiger partial charge on any atom is -0.490 e. The lowest BCUT2D eigenvalue weighted by Gasteiger charge is -2.40. The number of benzene rings is 2. The van der Waals surface area contributed by atoms with Gasteiger partial charge in [0, 0.05) is 56.4 Å². The molecule has 2 aromatic heterocycles. The molecule has 0 unspecified atom stereocenters. The Bertz CT molecular complexity index is 1640. The molecule has 0 spiro atoms. The van der Waals surface area contributed by atoms with Gasteiger partial charge in [-0.1, -0.05) is 43.2 Å². The van der Waals surface area contributed by atoms with Crippen molar-refractivity contribution >= 4 is 21.9 Å². The maximum Gasteiger partial charge on any atom is 0.310 e. The summed E-state index contributed by atoms with van der Waals surface area (Å²) < 4.78 is 75.8. The second kappa shape index (κ2) is 11.2. The minimum atomic E-state index is -9.77. The van der Waals surface area contributed by atoms with Gasteiger partial charge in [-0.15, -0.1) is 0 Å². The summed E-state index contributed by atoms with van der Waals surface area (Å²) in [6.07, 6.45) is 4.08. The maximum absolute atomic E-state index is 13.0. The van der Waals surface area contributed by atoms with Crippen molar-refractivity contribution in [1.82, 2.24) is 14.9 Å². The molecule has 1 aliphatic rings. The summed E-state index contributed by atoms with van der Waals surface area (Å²) in [4.78, 5) is 33.7. The summed E-state index contributed by atoms with van der Waals surface area (Å²) in [5.41, 5.74) is 2.21. The van der Waals surface area contributed by atoms with Crippen molar-refractivity contribution in [2.45, 2.75) is 37.2 Å². The Labute approximate surface area is 250 Å². The fraction of sp³-hybridized carbons (Fsp3) is 0.226. The molecule has 0 radical (unpaired) electrons. The van der Waals surface area contributed by atoms with Gasteiger partial charge < -0.3 is 14.4 Å². The first kappa shape index (κ1) is 30.9. The number of nitrogens with zero attached hydrogens (tertiary/aromatic N) is 3. The molecule has 232 valence electrons. The lowest BCUT2D eigenvalue weighted by molar-refractivity contribution is 0.0589. The van der Waals surface area contributed by atoms with Crippen LogP contribution in [-0.4, -0.2) is 45.8 Å². The van der Waals surface area contributed by atoms with E-state index in [0.29, 0.717) is 37.1 Å². The molecule has 2 aromatic carbocycles. The first-order valence-corrected chi connectivity index (χ1v) is 15.6. The van der Waals surface area contributed by atoms with Crippen LogP contribution in [0.4, 0.5) is 19.4 Å². The SMILES string of the molecule is Cc1ccc(OC2CCN(C(=O)c3ccc(C(=O)Cc4ccc(Oc5ccc(S(F)(F)(F)(F)F)cc5)nc4)cn3)CC2)cc1. The van der Waals surface area contributed by atoms with Crippen molar-refractivity contribution in [2.75, 3.05) is 13.1 Å². The summed E-state index contributed by atoms with van der Waals surface area (Å²) in [7, 11) is -9.77. The van der Waals surface area contributed by atoms with Crippen molar-refractivity contribution in [1.29, 1.82) is 0 Å². The lowest BCUT2D eigenvalue weighted by atomic mass is 10.0. The van der Waals surface area contributed by atoms with Gasteiger partial charge in [0.25, 0.3) is 5.91 Å². The molecule has 1 aliphatic heterocycles. The minimum absolute atomic E-state index is 0.00318. The number of ketones is 1. The van der Waals surface area contributed by atoms with Gasteiger partial charge in [0.05, 0.1) is 0 Å². The third-order valence-electron chi connectivity index (χ3n) is 7.01. The molecule has 0 aliphatic carbocycles. The summed E-state index contributed by atoms with van der Waals surface area (Å²) in [6, 6.07) is 15.9. The smallest absolute Gasteiger partial charge is 0.310 e. The average Bonchev–Trinajstić information content (AvgIpc) is 2.98. The topological polar surface area (TPSA) is 81.6 Å². The number of aryl methyl sites for hydroxylation is 1. The predicted octanol–water partition coefficient (Wildman–Crippen LogP) is 8.34. The zero-order valence-corrected chi connectivity index (χ0v) is 24.3. The Morgan fingerprint density at radius 2 is 1.48 bits per heavy atom. The van der Waals surface area contributed by atoms with Crippen LogP contribution in [0.15, 0.2) is 90.1 Å². The third-order valence-corrected chi connectivity index (χ3v) is 8.17. The molecular formula is C31H28F5N3O4S. The van der Waals surface area contributed by atoms with Gasteiger partial charge >= 0.3 is 10.2 Å². The van der Waals surface area contributed by atoms with Crippen molar-refractivity contribution in [3.05, 3.63) is 108 Å². The molecule has 0 N–H and O–H groups in total. The van der Waals surface area contributed by atoms with E-state index >= 15 is 0 Å². The van der Waals surface area contributed by atoms with Crippen LogP contribution in [0, 0.1) is 6.92 Å². The van der Waals surface area contributed by atoms with Gasteiger partial charge in [0.2, 0.25) is 5.88 Å². The Balaban J connectivity index is 1.11. The Hall–Kier alpha value is -4.52. The van der Waals surface area contributed by atoms with Gasteiger partial charge in [-0.3, -0.25) is 14.6 Å². The molecular weight excluding hydrogens is 605 g/mol. The van der Waals surface area contributed by atoms with E-state index in [-0.39, 0.29) is 53.7 Å². The molecule has 13 heteroatoms. The van der Waals surface area contributed by atoms with Gasteiger partial charge in [0.1, 0.15) is 28.2 Å². The van der Waals surface area contributed by atoms with Crippen LogP contribution in [-0.2, 0) is 6.42 Å². The molecule has 0 saturated carbocycles. The molecule has 1 amide bonds. The molecule has 1 saturated heterocycles. The van der Waals surface area contributed by atoms with Gasteiger partial charge in [-0.05, 0) is 61.0 Å². The molecule has 0 atom stereocenters. The first-order valence-electron chi connectivity index (χ1n) is 13.6. The number of aromatic nitrogens is 2. The van der Waals surface area contributed by atoms with Crippen molar-refractivity contribution in [2.24, 2.45) is 0 Å². The van der Waals surface area contributed by atoms with Crippen molar-refractivity contribution in [3.8, 4) is 17.4 Å². The Morgan fingerprint density at radius 1 is 0.818 bits per heavy atom. The van der Waals surface area contributed by atoms with E-state index in [1.807, 2.05) is 31.2 Å². The number of piperidine rings is 1. The molecule has 0 bridgehead atoms. The van der Waals surface area contributed by atoms with E-state index < -0.39 is 15.1 Å². The monoisotopic (exact) mass is 633 g/mol. The number of hydrogen-bond donors (Lipinski definition) is 0. The normalized spacial score (nSPS) is 15.6. The van der Waals surface area contributed by atoms with Crippen molar-refractivity contribution in [3.63, 3.8) is 0 Å². The Kier molecular flexibility index (Phi) is 7.87. The fourth-order valence-electron chi connectivity index (χ4n) is 4.58. The zero-order valence-electron chi connectivity index (χ0n) is 23.5. The third kappa shape index (κ3) is 7.90. The van der Waals surface area contributed by atoms with Crippen LogP contribution in [0.2, 0.25) is 0 Å². The highest BCUT2D eigenvalue weighted by Gasteiger charge is 2.65. The molecule has 5 rings (SSSR count). The van der Waals surface area contributed by atoms with Crippen molar-refractivity contribution < 1.29 is 38.5 Å². The molecule has 1 fully saturated rings. The highest BCUT2D eigenvalue weighted by atomic mass is 32.5. The van der Waals surface area contributed by atoms with E-state index in [1.165, 1.54) is 30.6 Å². The quantitative estimate of drug-likeness (QED) is 0.136. The van der Waals surface area contributed by atoms with Crippen LogP contribution >= 0.6 is 10.2 Å².